The Morgan fingerprint density at radius 1 is 1.22 bits per heavy atom. The van der Waals surface area contributed by atoms with E-state index >= 15 is 0 Å². The van der Waals surface area contributed by atoms with Crippen molar-refractivity contribution in [3.8, 4) is 28.6 Å². The molecule has 36 heavy (non-hydrogen) atoms. The van der Waals surface area contributed by atoms with Crippen molar-refractivity contribution in [2.45, 2.75) is 63.9 Å². The van der Waals surface area contributed by atoms with Crippen LogP contribution < -0.4 is 0 Å². The van der Waals surface area contributed by atoms with Gasteiger partial charge in [-0.25, -0.2) is 9.50 Å². The van der Waals surface area contributed by atoms with Crippen molar-refractivity contribution >= 4 is 5.52 Å². The molecule has 2 fully saturated rings. The van der Waals surface area contributed by atoms with E-state index in [0.29, 0.717) is 18.9 Å². The van der Waals surface area contributed by atoms with Crippen LogP contribution in [0.3, 0.4) is 0 Å². The Labute approximate surface area is 209 Å². The van der Waals surface area contributed by atoms with Crippen LogP contribution in [-0.4, -0.2) is 47.1 Å². The highest BCUT2D eigenvalue weighted by Crippen LogP contribution is 2.46. The maximum atomic E-state index is 9.43. The van der Waals surface area contributed by atoms with Gasteiger partial charge in [-0.1, -0.05) is 6.92 Å². The minimum absolute atomic E-state index is 0.188. The van der Waals surface area contributed by atoms with Crippen molar-refractivity contribution in [1.82, 2.24) is 34.2 Å². The van der Waals surface area contributed by atoms with Gasteiger partial charge in [0, 0.05) is 37.2 Å². The summed E-state index contributed by atoms with van der Waals surface area (Å²) in [6.45, 7) is 3.31. The lowest BCUT2D eigenvalue weighted by atomic mass is 9.67. The largest absolute Gasteiger partial charge is 0.353 e. The highest BCUT2D eigenvalue weighted by Gasteiger charge is 2.44. The second kappa shape index (κ2) is 9.15. The highest BCUT2D eigenvalue weighted by molar-refractivity contribution is 5.78. The van der Waals surface area contributed by atoms with Crippen molar-refractivity contribution in [3.63, 3.8) is 0 Å². The molecule has 1 saturated heterocycles. The number of rotatable bonds is 7. The monoisotopic (exact) mass is 486 g/mol. The maximum absolute atomic E-state index is 9.43. The SMILES string of the molecule is Cn1cc(-c2cn3nccc3c(-c3cnn([C@]4(CC#N)C[C@@H](C)C4)c3)n2)c(COC2CCCCO2)n1. The Kier molecular flexibility index (Phi) is 5.82. The summed E-state index contributed by atoms with van der Waals surface area (Å²) in [7, 11) is 1.90. The predicted molar refractivity (Wildman–Crippen MR) is 131 cm³/mol. The molecule has 1 aliphatic carbocycles. The summed E-state index contributed by atoms with van der Waals surface area (Å²) >= 11 is 0. The van der Waals surface area contributed by atoms with Gasteiger partial charge in [0.25, 0.3) is 0 Å². The fraction of sp³-hybridized carbons (Fsp3) is 0.500. The Hall–Kier alpha value is -3.55. The van der Waals surface area contributed by atoms with Crippen LogP contribution in [0.5, 0.6) is 0 Å². The molecule has 1 aliphatic heterocycles. The van der Waals surface area contributed by atoms with Gasteiger partial charge in [0.15, 0.2) is 6.29 Å². The number of fused-ring (bicyclic) bond motifs is 1. The molecule has 0 aromatic carbocycles. The van der Waals surface area contributed by atoms with Gasteiger partial charge in [-0.05, 0) is 44.1 Å². The topological polar surface area (TPSA) is 108 Å². The van der Waals surface area contributed by atoms with E-state index in [-0.39, 0.29) is 11.8 Å². The average molecular weight is 487 g/mol. The smallest absolute Gasteiger partial charge is 0.158 e. The lowest BCUT2D eigenvalue weighted by Gasteiger charge is -2.45. The second-order valence-electron chi connectivity index (χ2n) is 10.2. The quantitative estimate of drug-likeness (QED) is 0.387. The molecular weight excluding hydrogens is 456 g/mol. The molecule has 1 unspecified atom stereocenters. The van der Waals surface area contributed by atoms with Gasteiger partial charge in [0.1, 0.15) is 0 Å². The van der Waals surface area contributed by atoms with Gasteiger partial charge in [-0.15, -0.1) is 0 Å². The summed E-state index contributed by atoms with van der Waals surface area (Å²) in [6, 6.07) is 4.31. The van der Waals surface area contributed by atoms with Gasteiger partial charge in [0.2, 0.25) is 0 Å². The van der Waals surface area contributed by atoms with E-state index in [0.717, 1.165) is 72.4 Å². The average Bonchev–Trinajstić information content (AvgIpc) is 3.61. The molecule has 6 rings (SSSR count). The number of nitrogens with zero attached hydrogens (tertiary/aromatic N) is 8. The zero-order valence-corrected chi connectivity index (χ0v) is 20.7. The van der Waals surface area contributed by atoms with Crippen molar-refractivity contribution < 1.29 is 9.47 Å². The first-order valence-electron chi connectivity index (χ1n) is 12.6. The fourth-order valence-corrected chi connectivity index (χ4v) is 5.64. The summed E-state index contributed by atoms with van der Waals surface area (Å²) in [6.07, 6.45) is 14.8. The van der Waals surface area contributed by atoms with Crippen LogP contribution in [0.25, 0.3) is 28.0 Å². The van der Waals surface area contributed by atoms with Gasteiger partial charge < -0.3 is 9.47 Å². The summed E-state index contributed by atoms with van der Waals surface area (Å²) < 4.78 is 17.4. The molecule has 4 aromatic rings. The lowest BCUT2D eigenvalue weighted by Crippen LogP contribution is -2.45. The van der Waals surface area contributed by atoms with Crippen molar-refractivity contribution in [2.75, 3.05) is 6.61 Å². The second-order valence-corrected chi connectivity index (χ2v) is 10.2. The molecule has 0 bridgehead atoms. The first-order chi connectivity index (χ1) is 17.5. The minimum Gasteiger partial charge on any atom is -0.353 e. The summed E-state index contributed by atoms with van der Waals surface area (Å²) in [5.41, 5.74) is 4.83. The first-order valence-corrected chi connectivity index (χ1v) is 12.6. The number of ether oxygens (including phenoxy) is 2. The molecule has 0 spiro atoms. The van der Waals surface area contributed by atoms with E-state index in [1.807, 2.05) is 47.1 Å². The van der Waals surface area contributed by atoms with E-state index < -0.39 is 0 Å². The van der Waals surface area contributed by atoms with Gasteiger partial charge in [0.05, 0.1) is 65.8 Å². The Morgan fingerprint density at radius 2 is 2.11 bits per heavy atom. The summed E-state index contributed by atoms with van der Waals surface area (Å²) in [5.74, 6) is 0.596. The Balaban J connectivity index is 1.35. The van der Waals surface area contributed by atoms with Crippen LogP contribution in [0.2, 0.25) is 0 Å². The molecular formula is C26H30N8O2. The normalized spacial score (nSPS) is 24.0. The van der Waals surface area contributed by atoms with E-state index in [2.05, 4.69) is 28.3 Å². The maximum Gasteiger partial charge on any atom is 0.158 e. The van der Waals surface area contributed by atoms with Crippen LogP contribution in [0.4, 0.5) is 0 Å². The van der Waals surface area contributed by atoms with Crippen LogP contribution >= 0.6 is 0 Å². The number of aromatic nitrogens is 7. The number of aryl methyl sites for hydroxylation is 1. The summed E-state index contributed by atoms with van der Waals surface area (Å²) in [4.78, 5) is 5.06. The molecule has 1 atom stereocenters. The lowest BCUT2D eigenvalue weighted by molar-refractivity contribution is -0.169. The molecule has 0 radical (unpaired) electrons. The molecule has 10 heteroatoms. The van der Waals surface area contributed by atoms with Crippen molar-refractivity contribution in [1.29, 1.82) is 5.26 Å². The molecule has 5 heterocycles. The zero-order valence-electron chi connectivity index (χ0n) is 20.7. The first kappa shape index (κ1) is 22.9. The standard InChI is InChI=1S/C26H30N8O2/c1-18-11-26(12-18,7-8-27)34-14-19(13-29-34)25-23-6-9-28-33(23)16-21(30-25)20-15-32(2)31-22(20)17-36-24-5-3-4-10-35-24/h6,9,13-16,18,24H,3-5,7,10-12,17H2,1-2H3/t18-,24?,26-. The minimum atomic E-state index is -0.227. The van der Waals surface area contributed by atoms with Crippen molar-refractivity contribution in [2.24, 2.45) is 13.0 Å². The molecule has 0 amide bonds. The van der Waals surface area contributed by atoms with Crippen molar-refractivity contribution in [3.05, 3.63) is 42.7 Å². The van der Waals surface area contributed by atoms with E-state index in [4.69, 9.17) is 14.5 Å². The molecule has 0 N–H and O–H groups in total. The molecule has 10 nitrogen and oxygen atoms in total. The Morgan fingerprint density at radius 3 is 2.89 bits per heavy atom. The van der Waals surface area contributed by atoms with Gasteiger partial charge >= 0.3 is 0 Å². The summed E-state index contributed by atoms with van der Waals surface area (Å²) in [5, 5.41) is 23.3. The third kappa shape index (κ3) is 4.08. The van der Waals surface area contributed by atoms with Crippen LogP contribution in [0.1, 0.15) is 51.1 Å². The third-order valence-corrected chi connectivity index (χ3v) is 7.32. The number of hydrogen-bond acceptors (Lipinski definition) is 7. The van der Waals surface area contributed by atoms with Crippen LogP contribution in [-0.2, 0) is 28.7 Å². The van der Waals surface area contributed by atoms with Crippen LogP contribution in [0, 0.1) is 17.2 Å². The van der Waals surface area contributed by atoms with Gasteiger partial charge in [-0.2, -0.15) is 20.6 Å². The number of hydrogen-bond donors (Lipinski definition) is 0. The fourth-order valence-electron chi connectivity index (χ4n) is 5.64. The highest BCUT2D eigenvalue weighted by atomic mass is 16.7. The predicted octanol–water partition coefficient (Wildman–Crippen LogP) is 4.08. The van der Waals surface area contributed by atoms with E-state index in [1.54, 1.807) is 10.9 Å². The third-order valence-electron chi connectivity index (χ3n) is 7.32. The van der Waals surface area contributed by atoms with E-state index in [1.165, 1.54) is 0 Å². The molecule has 186 valence electrons. The molecule has 1 saturated carbocycles. The van der Waals surface area contributed by atoms with Gasteiger partial charge in [-0.3, -0.25) is 9.36 Å². The van der Waals surface area contributed by atoms with Crippen LogP contribution in [0.15, 0.2) is 37.1 Å². The van der Waals surface area contributed by atoms with E-state index in [9.17, 15) is 5.26 Å². The molecule has 2 aliphatic rings. The molecule has 4 aromatic heterocycles. The number of nitriles is 1. The Bertz CT molecular complexity index is 1420. The zero-order chi connectivity index (χ0) is 24.7.